The van der Waals surface area contributed by atoms with Crippen LogP contribution < -0.4 is 16.0 Å². The average Bonchev–Trinajstić information content (AvgIpc) is 3.05. The zero-order chi connectivity index (χ0) is 19.6. The van der Waals surface area contributed by atoms with Crippen molar-refractivity contribution in [1.29, 1.82) is 0 Å². The molecular weight excluding hydrogens is 362 g/mol. The number of ether oxygens (including phenoxy) is 1. The molecule has 0 aliphatic rings. The number of carbonyl (C=O) groups is 1. The van der Waals surface area contributed by atoms with Gasteiger partial charge in [0.15, 0.2) is 0 Å². The van der Waals surface area contributed by atoms with Gasteiger partial charge in [-0.2, -0.15) is 0 Å². The standard InChI is InChI=1S/C20H23N3O3S/c1-4-14-17(12-7-6-8-13(11-12)26-3)18-19(27-14)22-16(5-2)23(20(18)25)10-9-15(21)24/h6-8,11H,4-5,9-10H2,1-3H3,(H2,21,24). The minimum absolute atomic E-state index is 0.110. The third kappa shape index (κ3) is 3.60. The zero-order valence-electron chi connectivity index (χ0n) is 15.7. The van der Waals surface area contributed by atoms with Gasteiger partial charge in [0, 0.05) is 29.8 Å². The van der Waals surface area contributed by atoms with Crippen LogP contribution in [-0.4, -0.2) is 22.6 Å². The van der Waals surface area contributed by atoms with Gasteiger partial charge in [0.25, 0.3) is 5.56 Å². The van der Waals surface area contributed by atoms with Crippen molar-refractivity contribution in [3.63, 3.8) is 0 Å². The highest BCUT2D eigenvalue weighted by molar-refractivity contribution is 7.19. The lowest BCUT2D eigenvalue weighted by atomic mass is 10.0. The Labute approximate surface area is 161 Å². The summed E-state index contributed by atoms with van der Waals surface area (Å²) in [7, 11) is 1.62. The molecule has 2 N–H and O–H groups in total. The molecule has 1 aromatic carbocycles. The van der Waals surface area contributed by atoms with Crippen molar-refractivity contribution >= 4 is 27.5 Å². The maximum Gasteiger partial charge on any atom is 0.262 e. The number of rotatable bonds is 7. The van der Waals surface area contributed by atoms with Crippen LogP contribution in [0.2, 0.25) is 0 Å². The van der Waals surface area contributed by atoms with Gasteiger partial charge < -0.3 is 10.5 Å². The summed E-state index contributed by atoms with van der Waals surface area (Å²) in [6.45, 7) is 4.27. The molecule has 27 heavy (non-hydrogen) atoms. The Balaban J connectivity index is 2.31. The second kappa shape index (κ2) is 7.92. The number of benzene rings is 1. The van der Waals surface area contributed by atoms with E-state index in [1.54, 1.807) is 23.0 Å². The van der Waals surface area contributed by atoms with Crippen LogP contribution in [0.4, 0.5) is 0 Å². The summed E-state index contributed by atoms with van der Waals surface area (Å²) in [4.78, 5) is 31.2. The highest BCUT2D eigenvalue weighted by Gasteiger charge is 2.20. The number of aryl methyl sites for hydroxylation is 2. The van der Waals surface area contributed by atoms with E-state index in [4.69, 9.17) is 15.5 Å². The van der Waals surface area contributed by atoms with Gasteiger partial charge in [-0.25, -0.2) is 4.98 Å². The normalized spacial score (nSPS) is 11.1. The maximum absolute atomic E-state index is 13.3. The van der Waals surface area contributed by atoms with Gasteiger partial charge in [0.2, 0.25) is 5.91 Å². The Morgan fingerprint density at radius 1 is 1.30 bits per heavy atom. The van der Waals surface area contributed by atoms with E-state index in [0.717, 1.165) is 33.0 Å². The fourth-order valence-electron chi connectivity index (χ4n) is 3.23. The largest absolute Gasteiger partial charge is 0.497 e. The maximum atomic E-state index is 13.3. The second-order valence-electron chi connectivity index (χ2n) is 6.22. The zero-order valence-corrected chi connectivity index (χ0v) is 16.6. The van der Waals surface area contributed by atoms with Crippen LogP contribution in [0, 0.1) is 0 Å². The highest BCUT2D eigenvalue weighted by Crippen LogP contribution is 2.37. The summed E-state index contributed by atoms with van der Waals surface area (Å²) in [5.74, 6) is 0.979. The Morgan fingerprint density at radius 3 is 2.70 bits per heavy atom. The van der Waals surface area contributed by atoms with Gasteiger partial charge in [-0.15, -0.1) is 11.3 Å². The van der Waals surface area contributed by atoms with E-state index < -0.39 is 5.91 Å². The molecule has 0 radical (unpaired) electrons. The van der Waals surface area contributed by atoms with Crippen molar-refractivity contribution in [2.24, 2.45) is 5.73 Å². The third-order valence-electron chi connectivity index (χ3n) is 4.54. The number of hydrogen-bond acceptors (Lipinski definition) is 5. The van der Waals surface area contributed by atoms with Crippen LogP contribution in [0.25, 0.3) is 21.3 Å². The average molecular weight is 385 g/mol. The van der Waals surface area contributed by atoms with Crippen molar-refractivity contribution in [1.82, 2.24) is 9.55 Å². The van der Waals surface area contributed by atoms with Gasteiger partial charge in [-0.3, -0.25) is 14.2 Å². The smallest absolute Gasteiger partial charge is 0.262 e. The molecule has 142 valence electrons. The van der Waals surface area contributed by atoms with Gasteiger partial charge in [-0.05, 0) is 24.1 Å². The van der Waals surface area contributed by atoms with E-state index in [1.807, 2.05) is 31.2 Å². The van der Waals surface area contributed by atoms with Gasteiger partial charge >= 0.3 is 0 Å². The fourth-order valence-corrected chi connectivity index (χ4v) is 4.37. The molecule has 0 fully saturated rings. The molecule has 0 atom stereocenters. The van der Waals surface area contributed by atoms with Crippen molar-refractivity contribution in [2.75, 3.05) is 7.11 Å². The first-order valence-corrected chi connectivity index (χ1v) is 9.79. The minimum Gasteiger partial charge on any atom is -0.497 e. The summed E-state index contributed by atoms with van der Waals surface area (Å²) in [6, 6.07) is 7.70. The van der Waals surface area contributed by atoms with Crippen LogP contribution in [0.5, 0.6) is 5.75 Å². The van der Waals surface area contributed by atoms with E-state index in [2.05, 4.69) is 6.92 Å². The number of fused-ring (bicyclic) bond motifs is 1. The number of nitrogens with two attached hydrogens (primary N) is 1. The van der Waals surface area contributed by atoms with Crippen molar-refractivity contribution in [2.45, 2.75) is 39.7 Å². The third-order valence-corrected chi connectivity index (χ3v) is 5.77. The fraction of sp³-hybridized carbons (Fsp3) is 0.350. The molecule has 0 aliphatic carbocycles. The lowest BCUT2D eigenvalue weighted by Crippen LogP contribution is -2.27. The van der Waals surface area contributed by atoms with Gasteiger partial charge in [0.1, 0.15) is 16.4 Å². The lowest BCUT2D eigenvalue weighted by molar-refractivity contribution is -0.118. The molecule has 0 aliphatic heterocycles. The summed E-state index contributed by atoms with van der Waals surface area (Å²) >= 11 is 1.55. The molecule has 2 heterocycles. The molecule has 7 heteroatoms. The summed E-state index contributed by atoms with van der Waals surface area (Å²) in [5, 5.41) is 0.603. The van der Waals surface area contributed by atoms with E-state index >= 15 is 0 Å². The Kier molecular flexibility index (Phi) is 5.60. The van der Waals surface area contributed by atoms with Crippen LogP contribution in [-0.2, 0) is 24.2 Å². The highest BCUT2D eigenvalue weighted by atomic mass is 32.1. The first-order valence-electron chi connectivity index (χ1n) is 8.97. The molecule has 0 spiro atoms. The minimum atomic E-state index is -0.434. The van der Waals surface area contributed by atoms with Crippen LogP contribution in [0.3, 0.4) is 0 Å². The molecule has 3 rings (SSSR count). The molecule has 0 unspecified atom stereocenters. The predicted octanol–water partition coefficient (Wildman–Crippen LogP) is 3.13. The van der Waals surface area contributed by atoms with Crippen LogP contribution in [0.1, 0.15) is 31.0 Å². The van der Waals surface area contributed by atoms with Crippen LogP contribution in [0.15, 0.2) is 29.1 Å². The number of carbonyl (C=O) groups excluding carboxylic acids is 1. The molecule has 1 amide bonds. The lowest BCUT2D eigenvalue weighted by Gasteiger charge is -2.11. The number of amides is 1. The monoisotopic (exact) mass is 385 g/mol. The van der Waals surface area contributed by atoms with Crippen molar-refractivity contribution < 1.29 is 9.53 Å². The quantitative estimate of drug-likeness (QED) is 0.677. The first kappa shape index (κ1) is 19.1. The van der Waals surface area contributed by atoms with E-state index in [-0.39, 0.29) is 18.5 Å². The number of methoxy groups -OCH3 is 1. The summed E-state index contributed by atoms with van der Waals surface area (Å²) < 4.78 is 6.93. The second-order valence-corrected chi connectivity index (χ2v) is 7.30. The number of nitrogens with zero attached hydrogens (tertiary/aromatic N) is 2. The summed E-state index contributed by atoms with van der Waals surface area (Å²) in [5.41, 5.74) is 7.01. The van der Waals surface area contributed by atoms with Crippen LogP contribution >= 0.6 is 11.3 Å². The SMILES string of the molecule is CCc1sc2nc(CC)n(CCC(N)=O)c(=O)c2c1-c1cccc(OC)c1. The van der Waals surface area contributed by atoms with Gasteiger partial charge in [0.05, 0.1) is 12.5 Å². The Morgan fingerprint density at radius 2 is 2.07 bits per heavy atom. The van der Waals surface area contributed by atoms with E-state index in [0.29, 0.717) is 17.6 Å². The predicted molar refractivity (Wildman–Crippen MR) is 108 cm³/mol. The number of aromatic nitrogens is 2. The molecular formula is C20H23N3O3S. The van der Waals surface area contributed by atoms with Crippen molar-refractivity contribution in [3.8, 4) is 16.9 Å². The Hall–Kier alpha value is -2.67. The number of thiophene rings is 1. The summed E-state index contributed by atoms with van der Waals surface area (Å²) in [6.07, 6.45) is 1.52. The number of primary amides is 1. The molecule has 0 saturated heterocycles. The first-order chi connectivity index (χ1) is 13.0. The molecule has 0 bridgehead atoms. The topological polar surface area (TPSA) is 87.2 Å². The van der Waals surface area contributed by atoms with E-state index in [1.165, 1.54) is 0 Å². The molecule has 2 aromatic heterocycles. The van der Waals surface area contributed by atoms with Gasteiger partial charge in [-0.1, -0.05) is 26.0 Å². The molecule has 3 aromatic rings. The molecule has 6 nitrogen and oxygen atoms in total. The van der Waals surface area contributed by atoms with E-state index in [9.17, 15) is 9.59 Å². The molecule has 0 saturated carbocycles. The van der Waals surface area contributed by atoms with Crippen molar-refractivity contribution in [3.05, 3.63) is 45.3 Å². The number of hydrogen-bond donors (Lipinski definition) is 1. The Bertz CT molecular complexity index is 1050.